The Morgan fingerprint density at radius 1 is 1.38 bits per heavy atom. The molecule has 0 amide bonds. The normalized spacial score (nSPS) is 18.2. The number of nitrogens with zero attached hydrogens (tertiary/aromatic N) is 2. The van der Waals surface area contributed by atoms with Gasteiger partial charge in [0.05, 0.1) is 17.1 Å². The lowest BCUT2D eigenvalue weighted by Crippen LogP contribution is -2.20. The van der Waals surface area contributed by atoms with Crippen LogP contribution >= 0.6 is 11.8 Å². The van der Waals surface area contributed by atoms with Crippen molar-refractivity contribution in [2.75, 3.05) is 29.5 Å². The highest BCUT2D eigenvalue weighted by atomic mass is 32.2. The van der Waals surface area contributed by atoms with Crippen molar-refractivity contribution < 1.29 is 4.92 Å². The molecule has 0 aliphatic carbocycles. The Labute approximate surface area is 129 Å². The second-order valence-corrected chi connectivity index (χ2v) is 6.56. The second-order valence-electron chi connectivity index (χ2n) is 5.15. The Balaban J connectivity index is 2.02. The zero-order valence-corrected chi connectivity index (χ0v) is 13.1. The van der Waals surface area contributed by atoms with E-state index in [4.69, 9.17) is 0 Å². The van der Waals surface area contributed by atoms with Crippen LogP contribution in [0.2, 0.25) is 0 Å². The Hall–Kier alpha value is -1.50. The summed E-state index contributed by atoms with van der Waals surface area (Å²) in [6, 6.07) is 2.99. The number of hydrogen-bond donors (Lipinski definition) is 2. The molecule has 2 heterocycles. The van der Waals surface area contributed by atoms with E-state index in [9.17, 15) is 10.1 Å². The van der Waals surface area contributed by atoms with Gasteiger partial charge in [-0.25, -0.2) is 4.98 Å². The maximum Gasteiger partial charge on any atom is 0.276 e. The molecule has 21 heavy (non-hydrogen) atoms. The van der Waals surface area contributed by atoms with Crippen molar-refractivity contribution in [3.8, 4) is 0 Å². The standard InChI is InChI=1S/C14H22N4O2S/c1-2-6-15-13-8-11(18(19)20)9-14(17-13)16-10-12-5-3-4-7-21-12/h8-9,12H,2-7,10H2,1H3,(H2,15,16,17). The molecule has 6 nitrogen and oxygen atoms in total. The quantitative estimate of drug-likeness (QED) is 0.592. The van der Waals surface area contributed by atoms with E-state index in [0.717, 1.165) is 19.5 Å². The van der Waals surface area contributed by atoms with Crippen molar-refractivity contribution in [3.05, 3.63) is 22.2 Å². The first-order valence-electron chi connectivity index (χ1n) is 7.45. The number of rotatable bonds is 7. The highest BCUT2D eigenvalue weighted by molar-refractivity contribution is 7.99. The molecule has 1 aromatic rings. The van der Waals surface area contributed by atoms with Crippen LogP contribution in [-0.4, -0.2) is 34.0 Å². The molecular weight excluding hydrogens is 288 g/mol. The van der Waals surface area contributed by atoms with Crippen molar-refractivity contribution in [1.29, 1.82) is 0 Å². The van der Waals surface area contributed by atoms with Crippen LogP contribution in [0, 0.1) is 10.1 Å². The van der Waals surface area contributed by atoms with Gasteiger partial charge in [0.1, 0.15) is 11.6 Å². The van der Waals surface area contributed by atoms with E-state index < -0.39 is 0 Å². The number of pyridine rings is 1. The van der Waals surface area contributed by atoms with Gasteiger partial charge in [0, 0.05) is 18.3 Å². The van der Waals surface area contributed by atoms with Gasteiger partial charge in [-0.1, -0.05) is 13.3 Å². The number of hydrogen-bond acceptors (Lipinski definition) is 6. The molecule has 1 aliphatic rings. The molecule has 2 rings (SSSR count). The summed E-state index contributed by atoms with van der Waals surface area (Å²) in [6.07, 6.45) is 4.71. The summed E-state index contributed by atoms with van der Waals surface area (Å²) >= 11 is 1.97. The van der Waals surface area contributed by atoms with Gasteiger partial charge in [0.2, 0.25) is 0 Å². The maximum atomic E-state index is 11.0. The Kier molecular flexibility index (Phi) is 6.10. The number of nitrogens with one attached hydrogen (secondary N) is 2. The maximum absolute atomic E-state index is 11.0. The summed E-state index contributed by atoms with van der Waals surface area (Å²) in [6.45, 7) is 3.61. The molecule has 1 saturated heterocycles. The fraction of sp³-hybridized carbons (Fsp3) is 0.643. The molecule has 1 unspecified atom stereocenters. The van der Waals surface area contributed by atoms with Gasteiger partial charge in [0.15, 0.2) is 0 Å². The smallest absolute Gasteiger partial charge is 0.276 e. The number of anilines is 2. The van der Waals surface area contributed by atoms with Crippen LogP contribution < -0.4 is 10.6 Å². The van der Waals surface area contributed by atoms with Crippen LogP contribution in [-0.2, 0) is 0 Å². The highest BCUT2D eigenvalue weighted by Gasteiger charge is 2.15. The largest absolute Gasteiger partial charge is 0.370 e. The third-order valence-electron chi connectivity index (χ3n) is 3.36. The zero-order chi connectivity index (χ0) is 15.1. The van der Waals surface area contributed by atoms with E-state index in [1.165, 1.54) is 37.1 Å². The molecule has 1 aromatic heterocycles. The monoisotopic (exact) mass is 310 g/mol. The summed E-state index contributed by atoms with van der Waals surface area (Å²) in [4.78, 5) is 15.0. The predicted octanol–water partition coefficient (Wildman–Crippen LogP) is 3.51. The predicted molar refractivity (Wildman–Crippen MR) is 88.3 cm³/mol. The van der Waals surface area contributed by atoms with E-state index in [0.29, 0.717) is 16.9 Å². The molecule has 0 radical (unpaired) electrons. The lowest BCUT2D eigenvalue weighted by Gasteiger charge is -2.21. The first kappa shape index (κ1) is 15.9. The third kappa shape index (κ3) is 5.08. The molecule has 0 spiro atoms. The molecule has 0 bridgehead atoms. The highest BCUT2D eigenvalue weighted by Crippen LogP contribution is 2.26. The molecular formula is C14H22N4O2S. The van der Waals surface area contributed by atoms with Gasteiger partial charge >= 0.3 is 0 Å². The van der Waals surface area contributed by atoms with Crippen LogP contribution in [0.25, 0.3) is 0 Å². The van der Waals surface area contributed by atoms with Crippen molar-refractivity contribution in [2.45, 2.75) is 37.9 Å². The summed E-state index contributed by atoms with van der Waals surface area (Å²) in [7, 11) is 0. The SMILES string of the molecule is CCCNc1cc([N+](=O)[O-])cc(NCC2CCCCS2)n1. The van der Waals surface area contributed by atoms with Gasteiger partial charge < -0.3 is 10.6 Å². The van der Waals surface area contributed by atoms with Crippen molar-refractivity contribution >= 4 is 29.1 Å². The molecule has 116 valence electrons. The van der Waals surface area contributed by atoms with E-state index in [1.54, 1.807) is 0 Å². The third-order valence-corrected chi connectivity index (χ3v) is 4.76. The molecule has 0 saturated carbocycles. The Bertz CT molecular complexity index is 478. The van der Waals surface area contributed by atoms with Crippen molar-refractivity contribution in [3.63, 3.8) is 0 Å². The van der Waals surface area contributed by atoms with Crippen LogP contribution in [0.3, 0.4) is 0 Å². The summed E-state index contributed by atoms with van der Waals surface area (Å²) < 4.78 is 0. The van der Waals surface area contributed by atoms with E-state index in [1.807, 2.05) is 18.7 Å². The average molecular weight is 310 g/mol. The van der Waals surface area contributed by atoms with Gasteiger partial charge in [-0.15, -0.1) is 0 Å². The first-order chi connectivity index (χ1) is 10.2. The van der Waals surface area contributed by atoms with Crippen LogP contribution in [0.15, 0.2) is 12.1 Å². The lowest BCUT2D eigenvalue weighted by atomic mass is 10.2. The molecule has 1 fully saturated rings. The van der Waals surface area contributed by atoms with E-state index >= 15 is 0 Å². The van der Waals surface area contributed by atoms with Crippen LogP contribution in [0.4, 0.5) is 17.3 Å². The fourth-order valence-corrected chi connectivity index (χ4v) is 3.48. The molecule has 7 heteroatoms. The molecule has 1 aliphatic heterocycles. The Morgan fingerprint density at radius 3 is 2.76 bits per heavy atom. The summed E-state index contributed by atoms with van der Waals surface area (Å²) in [5.74, 6) is 2.34. The van der Waals surface area contributed by atoms with Crippen LogP contribution in [0.5, 0.6) is 0 Å². The number of nitro groups is 1. The number of aromatic nitrogens is 1. The minimum Gasteiger partial charge on any atom is -0.370 e. The van der Waals surface area contributed by atoms with Gasteiger partial charge in [-0.05, 0) is 25.0 Å². The van der Waals surface area contributed by atoms with E-state index in [2.05, 4.69) is 15.6 Å². The Morgan fingerprint density at radius 2 is 2.14 bits per heavy atom. The van der Waals surface area contributed by atoms with Crippen molar-refractivity contribution in [2.24, 2.45) is 0 Å². The summed E-state index contributed by atoms with van der Waals surface area (Å²) in [5, 5.41) is 17.9. The zero-order valence-electron chi connectivity index (χ0n) is 12.3. The first-order valence-corrected chi connectivity index (χ1v) is 8.49. The average Bonchev–Trinajstić information content (AvgIpc) is 2.51. The van der Waals surface area contributed by atoms with Gasteiger partial charge in [-0.2, -0.15) is 11.8 Å². The van der Waals surface area contributed by atoms with Crippen molar-refractivity contribution in [1.82, 2.24) is 4.98 Å². The minimum atomic E-state index is -0.376. The van der Waals surface area contributed by atoms with E-state index in [-0.39, 0.29) is 10.6 Å². The van der Waals surface area contributed by atoms with Gasteiger partial charge in [0.25, 0.3) is 5.69 Å². The lowest BCUT2D eigenvalue weighted by molar-refractivity contribution is -0.384. The summed E-state index contributed by atoms with van der Waals surface area (Å²) in [5.41, 5.74) is 0.0717. The molecule has 0 aromatic carbocycles. The van der Waals surface area contributed by atoms with Gasteiger partial charge in [-0.3, -0.25) is 10.1 Å². The van der Waals surface area contributed by atoms with Crippen LogP contribution in [0.1, 0.15) is 32.6 Å². The number of thioether (sulfide) groups is 1. The topological polar surface area (TPSA) is 80.1 Å². The molecule has 2 N–H and O–H groups in total. The molecule has 1 atom stereocenters. The second kappa shape index (κ2) is 8.07. The fourth-order valence-electron chi connectivity index (χ4n) is 2.24. The minimum absolute atomic E-state index is 0.0717.